The summed E-state index contributed by atoms with van der Waals surface area (Å²) >= 11 is 0. The number of piperidine rings is 1. The van der Waals surface area contributed by atoms with E-state index in [0.29, 0.717) is 18.9 Å². The van der Waals surface area contributed by atoms with Gasteiger partial charge in [-0.2, -0.15) is 0 Å². The van der Waals surface area contributed by atoms with Crippen LogP contribution in [-0.4, -0.2) is 35.0 Å². The average Bonchev–Trinajstić information content (AvgIpc) is 3.34. The molecule has 1 aliphatic heterocycles. The molecule has 2 aliphatic rings. The number of carboxylic acid groups (broad SMARTS) is 1. The number of nitrogens with zero attached hydrogens (tertiary/aromatic N) is 1. The highest BCUT2D eigenvalue weighted by molar-refractivity contribution is 5.83. The monoisotopic (exact) mass is 319 g/mol. The van der Waals surface area contributed by atoms with E-state index in [9.17, 15) is 14.0 Å². The number of halogens is 1. The Bertz CT molecular complexity index is 586. The van der Waals surface area contributed by atoms with Gasteiger partial charge in [0.2, 0.25) is 5.91 Å². The Balaban J connectivity index is 1.54. The van der Waals surface area contributed by atoms with E-state index in [1.54, 1.807) is 12.1 Å². The van der Waals surface area contributed by atoms with Crippen LogP contribution < -0.4 is 0 Å². The number of hydrogen-bond donors (Lipinski definition) is 1. The van der Waals surface area contributed by atoms with Gasteiger partial charge in [0.1, 0.15) is 5.82 Å². The molecule has 1 N–H and O–H groups in total. The second-order valence-electron chi connectivity index (χ2n) is 6.73. The van der Waals surface area contributed by atoms with Gasteiger partial charge in [0.25, 0.3) is 0 Å². The normalized spacial score (nSPS) is 26.8. The molecule has 3 atom stereocenters. The van der Waals surface area contributed by atoms with Crippen molar-refractivity contribution in [2.45, 2.75) is 38.0 Å². The van der Waals surface area contributed by atoms with Crippen LogP contribution in [0.2, 0.25) is 0 Å². The summed E-state index contributed by atoms with van der Waals surface area (Å²) in [5.74, 6) is -0.325. The van der Waals surface area contributed by atoms with Crippen molar-refractivity contribution in [3.63, 3.8) is 0 Å². The molecule has 1 aromatic rings. The third kappa shape index (κ3) is 3.89. The molecule has 5 heteroatoms. The topological polar surface area (TPSA) is 57.6 Å². The number of likely N-dealkylation sites (tertiary alicyclic amines) is 1. The zero-order chi connectivity index (χ0) is 16.4. The first-order valence-electron chi connectivity index (χ1n) is 8.30. The van der Waals surface area contributed by atoms with Crippen LogP contribution in [-0.2, 0) is 9.59 Å². The Kier molecular flexibility index (Phi) is 4.64. The minimum absolute atomic E-state index is 0.0127. The Hall–Kier alpha value is -1.91. The van der Waals surface area contributed by atoms with Gasteiger partial charge in [0.15, 0.2) is 0 Å². The fraction of sp³-hybridized carbons (Fsp3) is 0.556. The van der Waals surface area contributed by atoms with E-state index < -0.39 is 5.97 Å². The molecule has 4 nitrogen and oxygen atoms in total. The van der Waals surface area contributed by atoms with E-state index in [1.807, 2.05) is 4.90 Å². The van der Waals surface area contributed by atoms with E-state index >= 15 is 0 Å². The van der Waals surface area contributed by atoms with Crippen molar-refractivity contribution in [1.82, 2.24) is 4.90 Å². The van der Waals surface area contributed by atoms with Crippen molar-refractivity contribution >= 4 is 11.9 Å². The Morgan fingerprint density at radius 1 is 1.26 bits per heavy atom. The molecule has 1 amide bonds. The van der Waals surface area contributed by atoms with Crippen molar-refractivity contribution in [3.05, 3.63) is 35.6 Å². The van der Waals surface area contributed by atoms with Crippen LogP contribution in [0, 0.1) is 17.7 Å². The van der Waals surface area contributed by atoms with Gasteiger partial charge in [-0.25, -0.2) is 4.39 Å². The highest BCUT2D eigenvalue weighted by atomic mass is 19.1. The number of carboxylic acids is 1. The number of carbonyl (C=O) groups is 2. The van der Waals surface area contributed by atoms with E-state index in [-0.39, 0.29) is 30.0 Å². The van der Waals surface area contributed by atoms with Gasteiger partial charge in [-0.05, 0) is 55.2 Å². The molecule has 1 aliphatic carbocycles. The third-order valence-electron chi connectivity index (χ3n) is 5.00. The second-order valence-corrected chi connectivity index (χ2v) is 6.73. The van der Waals surface area contributed by atoms with Gasteiger partial charge >= 0.3 is 5.97 Å². The molecule has 0 aromatic heterocycles. The predicted octanol–water partition coefficient (Wildman–Crippen LogP) is 3.03. The summed E-state index contributed by atoms with van der Waals surface area (Å²) in [6, 6.07) is 6.41. The van der Waals surface area contributed by atoms with Gasteiger partial charge in [-0.1, -0.05) is 12.1 Å². The standard InChI is InChI=1S/C18H22FNO3/c19-14-6-4-13(5-7-14)15-10-16(15)18(23)20-9-1-2-12(11-20)3-8-17(21)22/h4-7,12,15-16H,1-3,8-11H2,(H,21,22)/t12-,15-,16-/m0/s1. The number of amides is 1. The predicted molar refractivity (Wildman–Crippen MR) is 83.4 cm³/mol. The molecule has 2 fully saturated rings. The van der Waals surface area contributed by atoms with Gasteiger partial charge in [0, 0.05) is 25.4 Å². The van der Waals surface area contributed by atoms with Gasteiger partial charge in [0.05, 0.1) is 0 Å². The van der Waals surface area contributed by atoms with Crippen molar-refractivity contribution in [2.75, 3.05) is 13.1 Å². The molecule has 0 unspecified atom stereocenters. The van der Waals surface area contributed by atoms with E-state index in [1.165, 1.54) is 12.1 Å². The Morgan fingerprint density at radius 3 is 2.70 bits per heavy atom. The molecular weight excluding hydrogens is 297 g/mol. The van der Waals surface area contributed by atoms with Crippen LogP contribution in [0.25, 0.3) is 0 Å². The summed E-state index contributed by atoms with van der Waals surface area (Å²) in [6.07, 6.45) is 3.60. The maximum atomic E-state index is 13.0. The molecule has 1 heterocycles. The molecule has 0 bridgehead atoms. The third-order valence-corrected chi connectivity index (χ3v) is 5.00. The summed E-state index contributed by atoms with van der Waals surface area (Å²) < 4.78 is 13.0. The van der Waals surface area contributed by atoms with Crippen LogP contribution >= 0.6 is 0 Å². The zero-order valence-corrected chi connectivity index (χ0v) is 13.1. The smallest absolute Gasteiger partial charge is 0.303 e. The molecule has 3 rings (SSSR count). The summed E-state index contributed by atoms with van der Waals surface area (Å²) in [5, 5.41) is 8.79. The lowest BCUT2D eigenvalue weighted by Crippen LogP contribution is -2.41. The molecule has 0 radical (unpaired) electrons. The quantitative estimate of drug-likeness (QED) is 0.907. The molecule has 0 spiro atoms. The van der Waals surface area contributed by atoms with Crippen LogP contribution in [0.5, 0.6) is 0 Å². The fourth-order valence-electron chi connectivity index (χ4n) is 3.61. The molecule has 1 aromatic carbocycles. The lowest BCUT2D eigenvalue weighted by molar-refractivity contribution is -0.137. The summed E-state index contributed by atoms with van der Waals surface area (Å²) in [4.78, 5) is 25.2. The summed E-state index contributed by atoms with van der Waals surface area (Å²) in [6.45, 7) is 1.45. The van der Waals surface area contributed by atoms with Gasteiger partial charge < -0.3 is 10.0 Å². The SMILES string of the molecule is O=C(O)CC[C@@H]1CCCN(C(=O)[C@H]2C[C@H]2c2ccc(F)cc2)C1. The maximum absolute atomic E-state index is 13.0. The van der Waals surface area contributed by atoms with Crippen LogP contribution in [0.1, 0.15) is 43.6 Å². The summed E-state index contributed by atoms with van der Waals surface area (Å²) in [7, 11) is 0. The molecule has 1 saturated heterocycles. The first-order chi connectivity index (χ1) is 11.0. The van der Waals surface area contributed by atoms with Crippen molar-refractivity contribution in [3.8, 4) is 0 Å². The highest BCUT2D eigenvalue weighted by Gasteiger charge is 2.46. The van der Waals surface area contributed by atoms with Gasteiger partial charge in [-0.3, -0.25) is 9.59 Å². The molecule has 1 saturated carbocycles. The van der Waals surface area contributed by atoms with Crippen LogP contribution in [0.15, 0.2) is 24.3 Å². The van der Waals surface area contributed by atoms with Gasteiger partial charge in [-0.15, -0.1) is 0 Å². The number of carbonyl (C=O) groups excluding carboxylic acids is 1. The van der Waals surface area contributed by atoms with Crippen molar-refractivity contribution in [1.29, 1.82) is 0 Å². The lowest BCUT2D eigenvalue weighted by atomic mass is 9.93. The van der Waals surface area contributed by atoms with Crippen molar-refractivity contribution < 1.29 is 19.1 Å². The highest BCUT2D eigenvalue weighted by Crippen LogP contribution is 2.48. The van der Waals surface area contributed by atoms with Crippen LogP contribution in [0.4, 0.5) is 4.39 Å². The summed E-state index contributed by atoms with van der Waals surface area (Å²) in [5.41, 5.74) is 1.03. The lowest BCUT2D eigenvalue weighted by Gasteiger charge is -2.33. The number of benzene rings is 1. The Morgan fingerprint density at radius 2 is 2.00 bits per heavy atom. The number of rotatable bonds is 5. The number of aliphatic carboxylic acids is 1. The average molecular weight is 319 g/mol. The maximum Gasteiger partial charge on any atom is 0.303 e. The van der Waals surface area contributed by atoms with E-state index in [2.05, 4.69) is 0 Å². The first-order valence-corrected chi connectivity index (χ1v) is 8.30. The molecule has 23 heavy (non-hydrogen) atoms. The van der Waals surface area contributed by atoms with Crippen LogP contribution in [0.3, 0.4) is 0 Å². The minimum Gasteiger partial charge on any atom is -0.481 e. The molecule has 124 valence electrons. The van der Waals surface area contributed by atoms with E-state index in [4.69, 9.17) is 5.11 Å². The van der Waals surface area contributed by atoms with E-state index in [0.717, 1.165) is 31.4 Å². The minimum atomic E-state index is -0.771. The largest absolute Gasteiger partial charge is 0.481 e. The van der Waals surface area contributed by atoms with Crippen molar-refractivity contribution in [2.24, 2.45) is 11.8 Å². The second kappa shape index (κ2) is 6.69. The first kappa shape index (κ1) is 16.0. The fourth-order valence-corrected chi connectivity index (χ4v) is 3.61. The zero-order valence-electron chi connectivity index (χ0n) is 13.1. The number of hydrogen-bond acceptors (Lipinski definition) is 2. The Labute approximate surface area is 135 Å². The molecular formula is C18H22FNO3.